The molecule has 2 aromatic rings. The highest BCUT2D eigenvalue weighted by molar-refractivity contribution is 5.94. The van der Waals surface area contributed by atoms with E-state index in [1.165, 1.54) is 13.2 Å². The number of nitrogens with zero attached hydrogens (tertiary/aromatic N) is 1. The minimum absolute atomic E-state index is 0.0931. The lowest BCUT2D eigenvalue weighted by molar-refractivity contribution is 0.0474. The summed E-state index contributed by atoms with van der Waals surface area (Å²) < 4.78 is 18.9. The van der Waals surface area contributed by atoms with E-state index in [4.69, 9.17) is 4.74 Å². The van der Waals surface area contributed by atoms with Crippen LogP contribution in [0.5, 0.6) is 5.75 Å². The van der Waals surface area contributed by atoms with Crippen molar-refractivity contribution in [2.45, 2.75) is 18.9 Å². The summed E-state index contributed by atoms with van der Waals surface area (Å²) in [5.41, 5.74) is 1.53. The van der Waals surface area contributed by atoms with Gasteiger partial charge in [0.25, 0.3) is 5.91 Å². The highest BCUT2D eigenvalue weighted by Gasteiger charge is 2.22. The van der Waals surface area contributed by atoms with Crippen molar-refractivity contribution in [3.63, 3.8) is 0 Å². The molecule has 0 unspecified atom stereocenters. The summed E-state index contributed by atoms with van der Waals surface area (Å²) in [6.07, 6.45) is 1.10. The number of likely N-dealkylation sites (tertiary alicyclic amines) is 1. The molecule has 1 atom stereocenters. The van der Waals surface area contributed by atoms with Gasteiger partial charge in [0.05, 0.1) is 18.8 Å². The van der Waals surface area contributed by atoms with Crippen molar-refractivity contribution in [3.8, 4) is 17.6 Å². The third kappa shape index (κ3) is 4.22. The molecule has 3 rings (SSSR count). The number of halogens is 1. The Labute approximate surface area is 152 Å². The summed E-state index contributed by atoms with van der Waals surface area (Å²) in [5, 5.41) is 9.70. The van der Waals surface area contributed by atoms with Gasteiger partial charge in [-0.2, -0.15) is 0 Å². The minimum atomic E-state index is -0.447. The van der Waals surface area contributed by atoms with Gasteiger partial charge in [-0.3, -0.25) is 4.79 Å². The number of hydrogen-bond donors (Lipinski definition) is 1. The lowest BCUT2D eigenvalue weighted by Gasteiger charge is -2.30. The Kier molecular flexibility index (Phi) is 5.55. The lowest BCUT2D eigenvalue weighted by Crippen LogP contribution is -2.42. The van der Waals surface area contributed by atoms with Gasteiger partial charge in [-0.15, -0.1) is 0 Å². The number of piperidine rings is 1. The molecular formula is C21H20FNO3. The van der Waals surface area contributed by atoms with Crippen molar-refractivity contribution in [1.82, 2.24) is 4.90 Å². The molecule has 1 N–H and O–H groups in total. The Morgan fingerprint density at radius 3 is 2.65 bits per heavy atom. The molecule has 134 valence electrons. The molecule has 0 aliphatic carbocycles. The highest BCUT2D eigenvalue weighted by atomic mass is 19.1. The Bertz CT molecular complexity index is 852. The van der Waals surface area contributed by atoms with E-state index in [1.807, 2.05) is 0 Å². The van der Waals surface area contributed by atoms with E-state index < -0.39 is 11.9 Å². The van der Waals surface area contributed by atoms with Crippen LogP contribution < -0.4 is 4.74 Å². The maximum Gasteiger partial charge on any atom is 0.253 e. The average Bonchev–Trinajstić information content (AvgIpc) is 2.67. The van der Waals surface area contributed by atoms with Crippen LogP contribution in [-0.4, -0.2) is 42.2 Å². The van der Waals surface area contributed by atoms with Crippen LogP contribution in [0.3, 0.4) is 0 Å². The Balaban J connectivity index is 1.71. The molecule has 4 nitrogen and oxygen atoms in total. The number of ether oxygens (including phenoxy) is 1. The van der Waals surface area contributed by atoms with Crippen molar-refractivity contribution in [2.24, 2.45) is 0 Å². The van der Waals surface area contributed by atoms with E-state index in [9.17, 15) is 14.3 Å². The molecule has 0 aromatic heterocycles. The first-order valence-corrected chi connectivity index (χ1v) is 8.50. The van der Waals surface area contributed by atoms with Crippen molar-refractivity contribution < 1.29 is 19.0 Å². The largest absolute Gasteiger partial charge is 0.497 e. The van der Waals surface area contributed by atoms with Gasteiger partial charge in [-0.1, -0.05) is 11.8 Å². The summed E-state index contributed by atoms with van der Waals surface area (Å²) in [7, 11) is 1.48. The van der Waals surface area contributed by atoms with Crippen molar-refractivity contribution in [1.29, 1.82) is 0 Å². The second-order valence-corrected chi connectivity index (χ2v) is 6.22. The molecule has 1 heterocycles. The number of aliphatic hydroxyl groups excluding tert-OH is 1. The molecule has 0 saturated carbocycles. The third-order valence-electron chi connectivity index (χ3n) is 4.33. The second kappa shape index (κ2) is 8.03. The number of methoxy groups -OCH3 is 1. The van der Waals surface area contributed by atoms with E-state index in [2.05, 4.69) is 11.8 Å². The second-order valence-electron chi connectivity index (χ2n) is 6.22. The summed E-state index contributed by atoms with van der Waals surface area (Å²) >= 11 is 0. The van der Waals surface area contributed by atoms with Crippen LogP contribution in [0.2, 0.25) is 0 Å². The molecule has 0 radical (unpaired) electrons. The van der Waals surface area contributed by atoms with Crippen molar-refractivity contribution in [2.75, 3.05) is 20.2 Å². The summed E-state index contributed by atoms with van der Waals surface area (Å²) in [5.74, 6) is 5.60. The van der Waals surface area contributed by atoms with Crippen LogP contribution in [0, 0.1) is 17.7 Å². The molecule has 26 heavy (non-hydrogen) atoms. The Morgan fingerprint density at radius 2 is 2.00 bits per heavy atom. The van der Waals surface area contributed by atoms with Gasteiger partial charge in [-0.25, -0.2) is 4.39 Å². The van der Waals surface area contributed by atoms with Gasteiger partial charge in [0.1, 0.15) is 11.6 Å². The number of rotatable bonds is 2. The number of carbonyl (C=O) groups excluding carboxylic acids is 1. The maximum atomic E-state index is 13.9. The van der Waals surface area contributed by atoms with Crippen LogP contribution >= 0.6 is 0 Å². The number of β-amino-alcohol motifs (C(OH)–C–C–N with tert-alkyl or cyclic N) is 1. The topological polar surface area (TPSA) is 49.8 Å². The molecule has 0 spiro atoms. The lowest BCUT2D eigenvalue weighted by atomic mass is 10.1. The SMILES string of the molecule is COc1ccc(C#Cc2ccc(C(=O)N3CCC[C@@H](O)C3)cc2)c(F)c1. The number of carbonyl (C=O) groups is 1. The van der Waals surface area contributed by atoms with E-state index in [0.29, 0.717) is 30.0 Å². The number of hydrogen-bond acceptors (Lipinski definition) is 3. The van der Waals surface area contributed by atoms with Crippen LogP contribution in [-0.2, 0) is 0 Å². The molecule has 2 aromatic carbocycles. The molecule has 1 aliphatic heterocycles. The summed E-state index contributed by atoms with van der Waals surface area (Å²) in [6, 6.07) is 11.4. The molecule has 1 saturated heterocycles. The minimum Gasteiger partial charge on any atom is -0.497 e. The highest BCUT2D eigenvalue weighted by Crippen LogP contribution is 2.16. The number of aliphatic hydroxyl groups is 1. The summed E-state index contributed by atoms with van der Waals surface area (Å²) in [6.45, 7) is 1.03. The molecule has 0 bridgehead atoms. The average molecular weight is 353 g/mol. The van der Waals surface area contributed by atoms with Gasteiger partial charge in [0, 0.05) is 30.3 Å². The molecule has 1 amide bonds. The first kappa shape index (κ1) is 18.0. The van der Waals surface area contributed by atoms with E-state index in [-0.39, 0.29) is 11.5 Å². The van der Waals surface area contributed by atoms with Gasteiger partial charge < -0.3 is 14.7 Å². The Hall–Kier alpha value is -2.84. The number of amides is 1. The molecule has 5 heteroatoms. The van der Waals surface area contributed by atoms with Crippen LogP contribution in [0.25, 0.3) is 0 Å². The fourth-order valence-electron chi connectivity index (χ4n) is 2.88. The number of benzene rings is 2. The zero-order valence-corrected chi connectivity index (χ0v) is 14.5. The van der Waals surface area contributed by atoms with Crippen LogP contribution in [0.1, 0.15) is 34.3 Å². The molecule has 1 aliphatic rings. The normalized spacial score (nSPS) is 16.6. The first-order valence-electron chi connectivity index (χ1n) is 8.50. The Morgan fingerprint density at radius 1 is 1.23 bits per heavy atom. The zero-order valence-electron chi connectivity index (χ0n) is 14.5. The van der Waals surface area contributed by atoms with Gasteiger partial charge >= 0.3 is 0 Å². The fourth-order valence-corrected chi connectivity index (χ4v) is 2.88. The maximum absolute atomic E-state index is 13.9. The monoisotopic (exact) mass is 353 g/mol. The standard InChI is InChI=1S/C21H20FNO3/c1-26-19-11-10-16(20(22)13-19)7-4-15-5-8-17(9-6-15)21(25)23-12-2-3-18(24)14-23/h5-6,8-11,13,18,24H,2-3,12,14H2,1H3/t18-/m1/s1. The van der Waals surface area contributed by atoms with Crippen molar-refractivity contribution >= 4 is 5.91 Å². The smallest absolute Gasteiger partial charge is 0.253 e. The van der Waals surface area contributed by atoms with E-state index in [0.717, 1.165) is 12.8 Å². The fraction of sp³-hybridized carbons (Fsp3) is 0.286. The van der Waals surface area contributed by atoms with Gasteiger partial charge in [0.15, 0.2) is 0 Å². The summed E-state index contributed by atoms with van der Waals surface area (Å²) in [4.78, 5) is 14.1. The quantitative estimate of drug-likeness (QED) is 0.845. The van der Waals surface area contributed by atoms with Gasteiger partial charge in [0.2, 0.25) is 0 Å². The predicted molar refractivity (Wildman–Crippen MR) is 96.5 cm³/mol. The van der Waals surface area contributed by atoms with Crippen molar-refractivity contribution in [3.05, 3.63) is 65.0 Å². The molecular weight excluding hydrogens is 333 g/mol. The van der Waals surface area contributed by atoms with E-state index in [1.54, 1.807) is 41.3 Å². The predicted octanol–water partition coefficient (Wildman–Crippen LogP) is 2.83. The first-order chi connectivity index (χ1) is 12.6. The van der Waals surface area contributed by atoms with Gasteiger partial charge in [-0.05, 0) is 49.2 Å². The van der Waals surface area contributed by atoms with E-state index >= 15 is 0 Å². The molecule has 1 fully saturated rings. The third-order valence-corrected chi connectivity index (χ3v) is 4.33. The zero-order chi connectivity index (χ0) is 18.5. The van der Waals surface area contributed by atoms with Crippen LogP contribution in [0.15, 0.2) is 42.5 Å². The van der Waals surface area contributed by atoms with Crippen LogP contribution in [0.4, 0.5) is 4.39 Å².